The second kappa shape index (κ2) is 4.78. The molecule has 2 heterocycles. The maximum atomic E-state index is 12.3. The molecule has 2 aromatic rings. The monoisotopic (exact) mass is 258 g/mol. The summed E-state index contributed by atoms with van der Waals surface area (Å²) in [4.78, 5) is 12.3. The molecule has 0 spiro atoms. The fourth-order valence-corrected chi connectivity index (χ4v) is 2.87. The van der Waals surface area contributed by atoms with Crippen LogP contribution in [0.25, 0.3) is 10.9 Å². The Kier molecular flexibility index (Phi) is 3.11. The number of hydrogen-bond acceptors (Lipinski definition) is 3. The summed E-state index contributed by atoms with van der Waals surface area (Å²) in [5, 5.41) is 5.56. The van der Waals surface area contributed by atoms with E-state index in [9.17, 15) is 4.79 Å². The van der Waals surface area contributed by atoms with Gasteiger partial charge in [-0.1, -0.05) is 18.2 Å². The summed E-state index contributed by atoms with van der Waals surface area (Å²) < 4.78 is 7.31. The van der Waals surface area contributed by atoms with E-state index in [0.29, 0.717) is 13.0 Å². The van der Waals surface area contributed by atoms with E-state index in [0.717, 1.165) is 23.0 Å². The molecule has 0 amide bonds. The van der Waals surface area contributed by atoms with Gasteiger partial charge in [0, 0.05) is 25.0 Å². The molecule has 4 nitrogen and oxygen atoms in total. The van der Waals surface area contributed by atoms with Gasteiger partial charge in [0.2, 0.25) is 0 Å². The number of carbonyl (C=O) groups is 1. The van der Waals surface area contributed by atoms with Gasteiger partial charge in [-0.05, 0) is 19.4 Å². The second-order valence-corrected chi connectivity index (χ2v) is 5.20. The van der Waals surface area contributed by atoms with Gasteiger partial charge >= 0.3 is 0 Å². The number of ketones is 1. The topological polar surface area (TPSA) is 44.1 Å². The first-order valence-corrected chi connectivity index (χ1v) is 6.71. The molecular weight excluding hydrogens is 240 g/mol. The molecule has 100 valence electrons. The lowest BCUT2D eigenvalue weighted by molar-refractivity contribution is -0.123. The first kappa shape index (κ1) is 12.4. The van der Waals surface area contributed by atoms with Crippen LogP contribution in [0.5, 0.6) is 0 Å². The van der Waals surface area contributed by atoms with Crippen molar-refractivity contribution in [3.8, 4) is 0 Å². The Morgan fingerprint density at radius 3 is 3.00 bits per heavy atom. The molecule has 19 heavy (non-hydrogen) atoms. The highest BCUT2D eigenvalue weighted by Gasteiger charge is 2.31. The van der Waals surface area contributed by atoms with Gasteiger partial charge in [0.05, 0.1) is 23.7 Å². The second-order valence-electron chi connectivity index (χ2n) is 5.20. The fourth-order valence-electron chi connectivity index (χ4n) is 2.87. The van der Waals surface area contributed by atoms with Crippen LogP contribution in [0.3, 0.4) is 0 Å². The SMILES string of the molecule is CC1OCCC1C(=O)Cc1nn(C)c2ccccc12. The molecule has 0 aliphatic carbocycles. The average molecular weight is 258 g/mol. The average Bonchev–Trinajstić information content (AvgIpc) is 2.95. The quantitative estimate of drug-likeness (QED) is 0.847. The number of aryl methyl sites for hydroxylation is 1. The number of aromatic nitrogens is 2. The summed E-state index contributed by atoms with van der Waals surface area (Å²) in [5.41, 5.74) is 1.95. The lowest BCUT2D eigenvalue weighted by Gasteiger charge is -2.11. The Hall–Kier alpha value is -1.68. The summed E-state index contributed by atoms with van der Waals surface area (Å²) in [5.74, 6) is 0.273. The Balaban J connectivity index is 1.87. The summed E-state index contributed by atoms with van der Waals surface area (Å²) >= 11 is 0. The summed E-state index contributed by atoms with van der Waals surface area (Å²) in [6.07, 6.45) is 1.28. The van der Waals surface area contributed by atoms with E-state index < -0.39 is 0 Å². The van der Waals surface area contributed by atoms with Crippen LogP contribution in [-0.4, -0.2) is 28.3 Å². The largest absolute Gasteiger partial charge is 0.378 e. The maximum Gasteiger partial charge on any atom is 0.144 e. The maximum absolute atomic E-state index is 12.3. The van der Waals surface area contributed by atoms with E-state index >= 15 is 0 Å². The minimum Gasteiger partial charge on any atom is -0.378 e. The highest BCUT2D eigenvalue weighted by molar-refractivity contribution is 5.89. The van der Waals surface area contributed by atoms with Crippen molar-refractivity contribution in [3.63, 3.8) is 0 Å². The Labute approximate surface area is 112 Å². The van der Waals surface area contributed by atoms with Crippen molar-refractivity contribution >= 4 is 16.7 Å². The zero-order valence-corrected chi connectivity index (χ0v) is 11.3. The molecular formula is C15H18N2O2. The molecule has 1 aliphatic heterocycles. The third-order valence-electron chi connectivity index (χ3n) is 3.97. The van der Waals surface area contributed by atoms with Crippen molar-refractivity contribution in [1.82, 2.24) is 9.78 Å². The number of rotatable bonds is 3. The van der Waals surface area contributed by atoms with Crippen LogP contribution in [0.1, 0.15) is 19.0 Å². The van der Waals surface area contributed by atoms with Gasteiger partial charge < -0.3 is 4.74 Å². The molecule has 2 atom stereocenters. The molecule has 1 fully saturated rings. The van der Waals surface area contributed by atoms with Gasteiger partial charge in [0.25, 0.3) is 0 Å². The number of fused-ring (bicyclic) bond motifs is 1. The first-order valence-electron chi connectivity index (χ1n) is 6.71. The molecule has 4 heteroatoms. The number of carbonyl (C=O) groups excluding carboxylic acids is 1. The smallest absolute Gasteiger partial charge is 0.144 e. The molecule has 3 rings (SSSR count). The predicted octanol–water partition coefficient (Wildman–Crippen LogP) is 2.11. The van der Waals surface area contributed by atoms with Gasteiger partial charge in [0.1, 0.15) is 5.78 Å². The molecule has 0 saturated carbocycles. The van der Waals surface area contributed by atoms with Gasteiger partial charge in [-0.3, -0.25) is 9.48 Å². The van der Waals surface area contributed by atoms with Crippen LogP contribution in [0, 0.1) is 5.92 Å². The van der Waals surface area contributed by atoms with Crippen LogP contribution in [-0.2, 0) is 23.0 Å². The van der Waals surface area contributed by atoms with Gasteiger partial charge in [-0.2, -0.15) is 5.10 Å². The van der Waals surface area contributed by atoms with E-state index in [2.05, 4.69) is 5.10 Å². The molecule has 0 radical (unpaired) electrons. The highest BCUT2D eigenvalue weighted by Crippen LogP contribution is 2.24. The third kappa shape index (κ3) is 2.16. The molecule has 2 unspecified atom stereocenters. The van der Waals surface area contributed by atoms with Gasteiger partial charge in [0.15, 0.2) is 0 Å². The minimum absolute atomic E-state index is 0.0285. The van der Waals surface area contributed by atoms with Gasteiger partial charge in [-0.15, -0.1) is 0 Å². The normalized spacial score (nSPS) is 23.1. The zero-order valence-electron chi connectivity index (χ0n) is 11.3. The summed E-state index contributed by atoms with van der Waals surface area (Å²) in [6, 6.07) is 8.03. The number of benzene rings is 1. The van der Waals surface area contributed by atoms with Crippen LogP contribution in [0.15, 0.2) is 24.3 Å². The Morgan fingerprint density at radius 1 is 1.47 bits per heavy atom. The first-order chi connectivity index (χ1) is 9.16. The van der Waals surface area contributed by atoms with E-state index in [1.807, 2.05) is 42.9 Å². The standard InChI is InChI=1S/C15H18N2O2/c1-10-11(7-8-19-10)15(18)9-13-12-5-3-4-6-14(12)17(2)16-13/h3-6,10-11H,7-9H2,1-2H3. The van der Waals surface area contributed by atoms with E-state index in [-0.39, 0.29) is 17.8 Å². The Bertz CT molecular complexity index is 618. The van der Waals surface area contributed by atoms with Crippen molar-refractivity contribution in [2.75, 3.05) is 6.61 Å². The van der Waals surface area contributed by atoms with Crippen molar-refractivity contribution in [3.05, 3.63) is 30.0 Å². The lowest BCUT2D eigenvalue weighted by Crippen LogP contribution is -2.23. The molecule has 1 aliphatic rings. The Morgan fingerprint density at radius 2 is 2.26 bits per heavy atom. The van der Waals surface area contributed by atoms with Crippen molar-refractivity contribution in [2.45, 2.75) is 25.9 Å². The summed E-state index contributed by atoms with van der Waals surface area (Å²) in [7, 11) is 1.91. The third-order valence-corrected chi connectivity index (χ3v) is 3.97. The zero-order chi connectivity index (χ0) is 13.4. The number of nitrogens with zero attached hydrogens (tertiary/aromatic N) is 2. The highest BCUT2D eigenvalue weighted by atomic mass is 16.5. The molecule has 1 aromatic carbocycles. The fraction of sp³-hybridized carbons (Fsp3) is 0.467. The molecule has 1 saturated heterocycles. The molecule has 0 N–H and O–H groups in total. The summed E-state index contributed by atoms with van der Waals surface area (Å²) in [6.45, 7) is 2.67. The number of Topliss-reactive ketones (excluding diaryl/α,β-unsaturated/α-hetero) is 1. The lowest BCUT2D eigenvalue weighted by atomic mass is 9.94. The van der Waals surface area contributed by atoms with E-state index in [1.54, 1.807) is 0 Å². The predicted molar refractivity (Wildman–Crippen MR) is 72.9 cm³/mol. The van der Waals surface area contributed by atoms with E-state index in [1.165, 1.54) is 0 Å². The number of hydrogen-bond donors (Lipinski definition) is 0. The van der Waals surface area contributed by atoms with Crippen LogP contribution in [0.4, 0.5) is 0 Å². The minimum atomic E-state index is 0.0285. The van der Waals surface area contributed by atoms with Crippen LogP contribution >= 0.6 is 0 Å². The van der Waals surface area contributed by atoms with E-state index in [4.69, 9.17) is 4.74 Å². The molecule has 1 aromatic heterocycles. The van der Waals surface area contributed by atoms with Crippen LogP contribution in [0.2, 0.25) is 0 Å². The van der Waals surface area contributed by atoms with Crippen molar-refractivity contribution in [1.29, 1.82) is 0 Å². The van der Waals surface area contributed by atoms with Crippen molar-refractivity contribution < 1.29 is 9.53 Å². The van der Waals surface area contributed by atoms with Crippen LogP contribution < -0.4 is 0 Å². The number of ether oxygens (including phenoxy) is 1. The molecule has 0 bridgehead atoms. The van der Waals surface area contributed by atoms with Crippen molar-refractivity contribution in [2.24, 2.45) is 13.0 Å². The number of para-hydroxylation sites is 1. The van der Waals surface area contributed by atoms with Gasteiger partial charge in [-0.25, -0.2) is 0 Å².